The molecule has 2 aromatic carbocycles. The summed E-state index contributed by atoms with van der Waals surface area (Å²) in [7, 11) is 1.33. The number of carbonyl (C=O) groups excluding carboxylic acids is 2. The lowest BCUT2D eigenvalue weighted by molar-refractivity contribution is -0.140. The summed E-state index contributed by atoms with van der Waals surface area (Å²) in [5.74, 6) is 0.460. The van der Waals surface area contributed by atoms with Crippen LogP contribution in [0.2, 0.25) is 0 Å². The van der Waals surface area contributed by atoms with Gasteiger partial charge in [0.25, 0.3) is 5.91 Å². The quantitative estimate of drug-likeness (QED) is 0.598. The second-order valence-corrected chi connectivity index (χ2v) is 7.44. The van der Waals surface area contributed by atoms with E-state index in [0.717, 1.165) is 10.2 Å². The lowest BCUT2D eigenvalue weighted by Gasteiger charge is -2.18. The largest absolute Gasteiger partial charge is 0.486 e. The topological polar surface area (TPSA) is 103 Å². The van der Waals surface area contributed by atoms with E-state index >= 15 is 0 Å². The smallest absolute Gasteiger partial charge is 0.307 e. The molecule has 0 atom stereocenters. The van der Waals surface area contributed by atoms with E-state index in [1.54, 1.807) is 28.8 Å². The summed E-state index contributed by atoms with van der Waals surface area (Å²) in [5.41, 5.74) is 1.63. The molecule has 152 valence electrons. The third-order valence-corrected chi connectivity index (χ3v) is 5.61. The van der Waals surface area contributed by atoms with E-state index < -0.39 is 5.91 Å². The number of aryl methyl sites for hydroxylation is 1. The number of ether oxygens (including phenoxy) is 3. The lowest BCUT2D eigenvalue weighted by Crippen LogP contribution is -2.19. The van der Waals surface area contributed by atoms with E-state index in [0.29, 0.717) is 47.2 Å². The molecule has 1 aliphatic heterocycles. The number of rotatable bonds is 4. The van der Waals surface area contributed by atoms with Crippen LogP contribution in [-0.2, 0) is 16.1 Å². The Bertz CT molecular complexity index is 1230. The predicted octanol–water partition coefficient (Wildman–Crippen LogP) is 2.65. The van der Waals surface area contributed by atoms with Crippen molar-refractivity contribution in [3.63, 3.8) is 0 Å². The van der Waals surface area contributed by atoms with Crippen LogP contribution in [0.3, 0.4) is 0 Å². The molecule has 2 heterocycles. The Morgan fingerprint density at radius 2 is 1.90 bits per heavy atom. The van der Waals surface area contributed by atoms with Crippen LogP contribution >= 0.6 is 11.3 Å². The summed E-state index contributed by atoms with van der Waals surface area (Å²) in [6.07, 6.45) is 0.134. The van der Waals surface area contributed by atoms with Crippen molar-refractivity contribution in [3.8, 4) is 17.6 Å². The van der Waals surface area contributed by atoms with Gasteiger partial charge in [-0.25, -0.2) is 0 Å². The number of thiazole rings is 1. The summed E-state index contributed by atoms with van der Waals surface area (Å²) in [5, 5.41) is 8.92. The maximum atomic E-state index is 12.7. The molecule has 8 nitrogen and oxygen atoms in total. The summed E-state index contributed by atoms with van der Waals surface area (Å²) in [4.78, 5) is 29.1. The number of benzene rings is 2. The van der Waals surface area contributed by atoms with Crippen LogP contribution < -0.4 is 14.3 Å². The number of hydrogen-bond donors (Lipinski definition) is 0. The summed E-state index contributed by atoms with van der Waals surface area (Å²) >= 11 is 1.32. The Morgan fingerprint density at radius 1 is 1.20 bits per heavy atom. The number of amides is 1. The normalized spacial score (nSPS) is 13.1. The number of carbonyl (C=O) groups is 2. The molecule has 0 unspecified atom stereocenters. The molecule has 30 heavy (non-hydrogen) atoms. The van der Waals surface area contributed by atoms with E-state index in [1.165, 1.54) is 18.4 Å². The summed E-state index contributed by atoms with van der Waals surface area (Å²) < 4.78 is 18.7. The van der Waals surface area contributed by atoms with Gasteiger partial charge in [-0.1, -0.05) is 11.3 Å². The first-order valence-electron chi connectivity index (χ1n) is 9.18. The van der Waals surface area contributed by atoms with Crippen molar-refractivity contribution in [2.45, 2.75) is 13.0 Å². The Kier molecular flexibility index (Phi) is 5.50. The first kappa shape index (κ1) is 19.7. The molecule has 0 spiro atoms. The minimum atomic E-state index is -0.435. The van der Waals surface area contributed by atoms with Crippen LogP contribution in [0, 0.1) is 11.3 Å². The highest BCUT2D eigenvalue weighted by Gasteiger charge is 2.17. The van der Waals surface area contributed by atoms with Crippen LogP contribution in [0.5, 0.6) is 11.5 Å². The number of esters is 1. The number of nitriles is 1. The third kappa shape index (κ3) is 3.90. The van der Waals surface area contributed by atoms with E-state index in [4.69, 9.17) is 19.5 Å². The van der Waals surface area contributed by atoms with E-state index in [9.17, 15) is 9.59 Å². The minimum Gasteiger partial charge on any atom is -0.486 e. The number of aromatic nitrogens is 1. The highest BCUT2D eigenvalue weighted by molar-refractivity contribution is 7.16. The van der Waals surface area contributed by atoms with Crippen molar-refractivity contribution in [2.24, 2.45) is 4.99 Å². The second kappa shape index (κ2) is 8.39. The molecule has 1 aliphatic rings. The summed E-state index contributed by atoms with van der Waals surface area (Å²) in [6, 6.07) is 12.0. The molecule has 0 saturated carbocycles. The van der Waals surface area contributed by atoms with Gasteiger partial charge in [0.05, 0.1) is 35.4 Å². The fourth-order valence-corrected chi connectivity index (χ4v) is 4.12. The molecule has 3 aromatic rings. The predicted molar refractivity (Wildman–Crippen MR) is 108 cm³/mol. The zero-order chi connectivity index (χ0) is 21.1. The van der Waals surface area contributed by atoms with Crippen molar-refractivity contribution in [1.82, 2.24) is 4.57 Å². The summed E-state index contributed by atoms with van der Waals surface area (Å²) in [6.45, 7) is 1.23. The number of hydrogen-bond acceptors (Lipinski definition) is 7. The van der Waals surface area contributed by atoms with Gasteiger partial charge in [0.15, 0.2) is 16.3 Å². The Labute approximate surface area is 175 Å². The van der Waals surface area contributed by atoms with Crippen LogP contribution in [0.15, 0.2) is 41.4 Å². The van der Waals surface area contributed by atoms with Crippen molar-refractivity contribution in [2.75, 3.05) is 20.3 Å². The average Bonchev–Trinajstić information content (AvgIpc) is 3.11. The van der Waals surface area contributed by atoms with Gasteiger partial charge in [0, 0.05) is 24.2 Å². The molecule has 1 aromatic heterocycles. The molecule has 4 rings (SSSR count). The first-order valence-corrected chi connectivity index (χ1v) is 9.99. The van der Waals surface area contributed by atoms with Gasteiger partial charge < -0.3 is 18.8 Å². The third-order valence-electron chi connectivity index (χ3n) is 4.57. The molecule has 0 bridgehead atoms. The fourth-order valence-electron chi connectivity index (χ4n) is 3.05. The molecule has 0 radical (unpaired) electrons. The Morgan fingerprint density at radius 3 is 2.57 bits per heavy atom. The Balaban J connectivity index is 1.79. The lowest BCUT2D eigenvalue weighted by atomic mass is 10.1. The molecule has 9 heteroatoms. The van der Waals surface area contributed by atoms with E-state index in [1.807, 2.05) is 18.2 Å². The van der Waals surface area contributed by atoms with Gasteiger partial charge in [-0.15, -0.1) is 0 Å². The monoisotopic (exact) mass is 423 g/mol. The van der Waals surface area contributed by atoms with Crippen molar-refractivity contribution in [3.05, 3.63) is 52.3 Å². The fraction of sp³-hybridized carbons (Fsp3) is 0.238. The van der Waals surface area contributed by atoms with E-state index in [2.05, 4.69) is 4.99 Å². The molecule has 0 aliphatic carbocycles. The number of nitrogens with zero attached hydrogens (tertiary/aromatic N) is 3. The van der Waals surface area contributed by atoms with Gasteiger partial charge in [-0.2, -0.15) is 10.3 Å². The molecular formula is C21H17N3O5S. The zero-order valence-corrected chi connectivity index (χ0v) is 16.9. The number of fused-ring (bicyclic) bond motifs is 2. The van der Waals surface area contributed by atoms with E-state index in [-0.39, 0.29) is 12.4 Å². The van der Waals surface area contributed by atoms with Crippen LogP contribution in [0.4, 0.5) is 0 Å². The van der Waals surface area contributed by atoms with Crippen molar-refractivity contribution < 1.29 is 23.8 Å². The minimum absolute atomic E-state index is 0.134. The van der Waals surface area contributed by atoms with Gasteiger partial charge >= 0.3 is 5.97 Å². The molecule has 0 N–H and O–H groups in total. The SMILES string of the molecule is COC(=O)CCn1c(=NC(=O)c2ccc(C#N)cc2)sc2cc3c(cc21)OCCO3. The molecule has 0 fully saturated rings. The van der Waals surface area contributed by atoms with Gasteiger partial charge in [0.1, 0.15) is 13.2 Å². The van der Waals surface area contributed by atoms with Crippen molar-refractivity contribution in [1.29, 1.82) is 5.26 Å². The average molecular weight is 423 g/mol. The van der Waals surface area contributed by atoms with Gasteiger partial charge in [-0.3, -0.25) is 9.59 Å². The van der Waals surface area contributed by atoms with Crippen LogP contribution in [0.25, 0.3) is 10.2 Å². The highest BCUT2D eigenvalue weighted by Crippen LogP contribution is 2.35. The first-order chi connectivity index (χ1) is 14.6. The molecule has 0 saturated heterocycles. The van der Waals surface area contributed by atoms with Gasteiger partial charge in [-0.05, 0) is 24.3 Å². The maximum Gasteiger partial charge on any atom is 0.307 e. The maximum absolute atomic E-state index is 12.7. The van der Waals surface area contributed by atoms with Crippen molar-refractivity contribution >= 4 is 33.4 Å². The molecular weight excluding hydrogens is 406 g/mol. The standard InChI is InChI=1S/C21H17N3O5S/c1-27-19(25)6-7-24-15-10-16-17(29-9-8-28-16)11-18(15)30-21(24)23-20(26)14-4-2-13(12-22)3-5-14/h2-5,10-11H,6-9H2,1H3. The second-order valence-electron chi connectivity index (χ2n) is 6.43. The van der Waals surface area contributed by atoms with Crippen LogP contribution in [-0.4, -0.2) is 36.8 Å². The zero-order valence-electron chi connectivity index (χ0n) is 16.1. The molecule has 1 amide bonds. The number of methoxy groups -OCH3 is 1. The van der Waals surface area contributed by atoms with Gasteiger partial charge in [0.2, 0.25) is 0 Å². The highest BCUT2D eigenvalue weighted by atomic mass is 32.1. The Hall–Kier alpha value is -3.64. The van der Waals surface area contributed by atoms with Crippen LogP contribution in [0.1, 0.15) is 22.3 Å².